The van der Waals surface area contributed by atoms with E-state index in [1.807, 2.05) is 0 Å². The molecular weight excluding hydrogens is 450 g/mol. The number of nitrogens with zero attached hydrogens (tertiary/aromatic N) is 3. The molecule has 0 fully saturated rings. The van der Waals surface area contributed by atoms with Crippen molar-refractivity contribution in [1.82, 2.24) is 14.9 Å². The number of carbonyl (C=O) groups is 1. The molecule has 2 heterocycles. The summed E-state index contributed by atoms with van der Waals surface area (Å²) in [5, 5.41) is 25.8. The lowest BCUT2D eigenvalue weighted by atomic mass is 10.0. The number of benzene rings is 1. The van der Waals surface area contributed by atoms with Crippen LogP contribution in [0.15, 0.2) is 42.7 Å². The van der Waals surface area contributed by atoms with E-state index >= 15 is 0 Å². The summed E-state index contributed by atoms with van der Waals surface area (Å²) in [6.45, 7) is 2.41. The van der Waals surface area contributed by atoms with Crippen molar-refractivity contribution in [2.75, 3.05) is 24.1 Å². The third-order valence-corrected chi connectivity index (χ3v) is 4.90. The average molecular weight is 474 g/mol. The van der Waals surface area contributed by atoms with E-state index < -0.39 is 28.6 Å². The first-order valence-corrected chi connectivity index (χ1v) is 10.4. The van der Waals surface area contributed by atoms with Crippen molar-refractivity contribution in [3.05, 3.63) is 70.0 Å². The van der Waals surface area contributed by atoms with Crippen LogP contribution in [0.5, 0.6) is 0 Å². The van der Waals surface area contributed by atoms with Crippen molar-refractivity contribution in [2.45, 2.75) is 26.0 Å². The number of nitrogens with one attached hydrogen (secondary N) is 2. The highest BCUT2D eigenvalue weighted by Crippen LogP contribution is 2.28. The third-order valence-electron chi connectivity index (χ3n) is 4.90. The number of anilines is 2. The number of halogens is 2. The molecule has 0 saturated carbocycles. The van der Waals surface area contributed by atoms with Crippen LogP contribution in [-0.4, -0.2) is 44.7 Å². The SMILES string of the molecule is C[C@@H](O)CNC(=O)c1cn(CCCNc2ccc([N+](=O)[O-])c(N)n2)cc1-c1ccc(F)cc1F. The molecule has 10 nitrogen and oxygen atoms in total. The zero-order valence-corrected chi connectivity index (χ0v) is 18.3. The van der Waals surface area contributed by atoms with E-state index in [9.17, 15) is 28.8 Å². The Kier molecular flexibility index (Phi) is 7.74. The van der Waals surface area contributed by atoms with Crippen LogP contribution in [0.2, 0.25) is 0 Å². The van der Waals surface area contributed by atoms with Crippen molar-refractivity contribution in [3.63, 3.8) is 0 Å². The Morgan fingerprint density at radius 1 is 1.26 bits per heavy atom. The van der Waals surface area contributed by atoms with Gasteiger partial charge in [-0.2, -0.15) is 0 Å². The molecule has 1 amide bonds. The molecule has 0 spiro atoms. The number of rotatable bonds is 10. The zero-order valence-electron chi connectivity index (χ0n) is 18.3. The Bertz CT molecular complexity index is 1200. The standard InChI is InChI=1S/C22H24F2N6O4/c1-13(31)10-27-22(32)17-12-29(11-16(17)15-4-3-14(23)9-18(15)24)8-2-7-26-20-6-5-19(30(33)34)21(25)28-20/h3-6,9,11-13,31H,2,7-8,10H2,1H3,(H,27,32)(H3,25,26,28)/t13-/m1/s1. The third kappa shape index (κ3) is 6.04. The van der Waals surface area contributed by atoms with Gasteiger partial charge in [-0.05, 0) is 31.5 Å². The molecule has 5 N–H and O–H groups in total. The minimum absolute atomic E-state index is 0.0185. The van der Waals surface area contributed by atoms with E-state index in [4.69, 9.17) is 5.73 Å². The van der Waals surface area contributed by atoms with Crippen molar-refractivity contribution in [2.24, 2.45) is 0 Å². The van der Waals surface area contributed by atoms with E-state index in [0.717, 1.165) is 12.1 Å². The highest BCUT2D eigenvalue weighted by molar-refractivity contribution is 6.01. The zero-order chi connectivity index (χ0) is 24.8. The second-order valence-electron chi connectivity index (χ2n) is 7.64. The lowest BCUT2D eigenvalue weighted by Gasteiger charge is -2.08. The second-order valence-corrected chi connectivity index (χ2v) is 7.64. The van der Waals surface area contributed by atoms with Gasteiger partial charge in [0.15, 0.2) is 0 Å². The molecule has 0 bridgehead atoms. The van der Waals surface area contributed by atoms with Crippen LogP contribution in [0, 0.1) is 21.7 Å². The summed E-state index contributed by atoms with van der Waals surface area (Å²) < 4.78 is 29.5. The minimum atomic E-state index is -0.800. The lowest BCUT2D eigenvalue weighted by Crippen LogP contribution is -2.30. The number of nitro groups is 1. The maximum atomic E-state index is 14.4. The maximum absolute atomic E-state index is 14.4. The maximum Gasteiger partial charge on any atom is 0.311 e. The van der Waals surface area contributed by atoms with Crippen LogP contribution in [0.25, 0.3) is 11.1 Å². The smallest absolute Gasteiger partial charge is 0.311 e. The molecule has 0 unspecified atom stereocenters. The van der Waals surface area contributed by atoms with Crippen LogP contribution in [0.4, 0.5) is 26.1 Å². The molecular formula is C22H24F2N6O4. The van der Waals surface area contributed by atoms with E-state index in [1.54, 1.807) is 17.0 Å². The molecule has 0 saturated heterocycles. The predicted molar refractivity (Wildman–Crippen MR) is 122 cm³/mol. The molecule has 180 valence electrons. The molecule has 34 heavy (non-hydrogen) atoms. The number of hydrogen-bond acceptors (Lipinski definition) is 7. The predicted octanol–water partition coefficient (Wildman–Crippen LogP) is 2.93. The number of aliphatic hydroxyl groups excluding tert-OH is 1. The fraction of sp³-hybridized carbons (Fsp3) is 0.273. The van der Waals surface area contributed by atoms with Crippen molar-refractivity contribution >= 4 is 23.2 Å². The van der Waals surface area contributed by atoms with E-state index in [-0.39, 0.29) is 29.2 Å². The summed E-state index contributed by atoms with van der Waals surface area (Å²) in [6, 6.07) is 5.83. The molecule has 0 aliphatic rings. The van der Waals surface area contributed by atoms with Gasteiger partial charge in [0, 0.05) is 55.3 Å². The second kappa shape index (κ2) is 10.7. The van der Waals surface area contributed by atoms with Gasteiger partial charge < -0.3 is 26.0 Å². The summed E-state index contributed by atoms with van der Waals surface area (Å²) in [4.78, 5) is 26.8. The van der Waals surface area contributed by atoms with Crippen molar-refractivity contribution in [3.8, 4) is 11.1 Å². The van der Waals surface area contributed by atoms with Gasteiger partial charge in [-0.15, -0.1) is 0 Å². The van der Waals surface area contributed by atoms with Gasteiger partial charge in [-0.1, -0.05) is 0 Å². The fourth-order valence-corrected chi connectivity index (χ4v) is 3.27. The van der Waals surface area contributed by atoms with Gasteiger partial charge in [0.05, 0.1) is 16.6 Å². The average Bonchev–Trinajstić information content (AvgIpc) is 3.18. The van der Waals surface area contributed by atoms with Crippen LogP contribution >= 0.6 is 0 Å². The molecule has 1 aromatic carbocycles. The monoisotopic (exact) mass is 474 g/mol. The number of aromatic nitrogens is 2. The number of amides is 1. The highest BCUT2D eigenvalue weighted by Gasteiger charge is 2.19. The van der Waals surface area contributed by atoms with Crippen molar-refractivity contribution in [1.29, 1.82) is 0 Å². The number of nitrogens with two attached hydrogens (primary N) is 1. The fourth-order valence-electron chi connectivity index (χ4n) is 3.27. The summed E-state index contributed by atoms with van der Waals surface area (Å²) in [7, 11) is 0. The van der Waals surface area contributed by atoms with Gasteiger partial charge in [0.2, 0.25) is 5.82 Å². The lowest BCUT2D eigenvalue weighted by molar-refractivity contribution is -0.384. The molecule has 0 aliphatic heterocycles. The van der Waals surface area contributed by atoms with Gasteiger partial charge >= 0.3 is 5.69 Å². The van der Waals surface area contributed by atoms with Gasteiger partial charge in [-0.25, -0.2) is 13.8 Å². The number of hydrogen-bond donors (Lipinski definition) is 4. The largest absolute Gasteiger partial charge is 0.392 e. The molecule has 3 rings (SSSR count). The van der Waals surface area contributed by atoms with Crippen LogP contribution < -0.4 is 16.4 Å². The summed E-state index contributed by atoms with van der Waals surface area (Å²) in [6.07, 6.45) is 2.95. The Labute approximate surface area is 193 Å². The number of carbonyl (C=O) groups excluding carboxylic acids is 1. The first kappa shape index (κ1) is 24.6. The van der Waals surface area contributed by atoms with Crippen LogP contribution in [0.1, 0.15) is 23.7 Å². The summed E-state index contributed by atoms with van der Waals surface area (Å²) in [5.41, 5.74) is 5.85. The van der Waals surface area contributed by atoms with Gasteiger partial charge in [0.1, 0.15) is 17.5 Å². The minimum Gasteiger partial charge on any atom is -0.392 e. The molecule has 0 radical (unpaired) electrons. The van der Waals surface area contributed by atoms with Gasteiger partial charge in [-0.3, -0.25) is 14.9 Å². The molecule has 12 heteroatoms. The Balaban J connectivity index is 1.72. The van der Waals surface area contributed by atoms with E-state index in [0.29, 0.717) is 30.9 Å². The molecule has 3 aromatic rings. The quantitative estimate of drug-likeness (QED) is 0.201. The van der Waals surface area contributed by atoms with Gasteiger partial charge in [0.25, 0.3) is 5.91 Å². The Hall–Kier alpha value is -4.06. The number of aryl methyl sites for hydroxylation is 1. The molecule has 0 aliphatic carbocycles. The topological polar surface area (TPSA) is 148 Å². The molecule has 1 atom stereocenters. The molecule has 2 aromatic heterocycles. The first-order chi connectivity index (χ1) is 16.2. The van der Waals surface area contributed by atoms with Crippen molar-refractivity contribution < 1.29 is 23.6 Å². The number of pyridine rings is 1. The number of aliphatic hydroxyl groups is 1. The first-order valence-electron chi connectivity index (χ1n) is 10.4. The van der Waals surface area contributed by atoms with E-state index in [1.165, 1.54) is 25.1 Å². The highest BCUT2D eigenvalue weighted by atomic mass is 19.1. The Morgan fingerprint density at radius 3 is 2.68 bits per heavy atom. The number of nitrogen functional groups attached to an aromatic ring is 1. The normalized spacial score (nSPS) is 11.8. The van der Waals surface area contributed by atoms with E-state index in [2.05, 4.69) is 15.6 Å². The Morgan fingerprint density at radius 2 is 2.03 bits per heavy atom. The van der Waals surface area contributed by atoms with Crippen LogP contribution in [-0.2, 0) is 6.54 Å². The summed E-state index contributed by atoms with van der Waals surface area (Å²) in [5.74, 6) is -1.85. The summed E-state index contributed by atoms with van der Waals surface area (Å²) >= 11 is 0. The van der Waals surface area contributed by atoms with Crippen LogP contribution in [0.3, 0.4) is 0 Å².